The Hall–Kier alpha value is -1.78. The maximum absolute atomic E-state index is 14.4. The van der Waals surface area contributed by atoms with E-state index in [0.29, 0.717) is 5.56 Å². The zero-order valence-electron chi connectivity index (χ0n) is 26.5. The Morgan fingerprint density at radius 3 is 2.15 bits per heavy atom. The lowest BCUT2D eigenvalue weighted by Crippen LogP contribution is -2.19. The molecule has 0 N–H and O–H groups in total. The van der Waals surface area contributed by atoms with Gasteiger partial charge in [-0.3, -0.25) is 0 Å². The lowest BCUT2D eigenvalue weighted by Gasteiger charge is -2.15. The predicted octanol–water partition coefficient (Wildman–Crippen LogP) is 10.7. The van der Waals surface area contributed by atoms with Gasteiger partial charge in [0, 0.05) is 17.3 Å². The minimum Gasteiger partial charge on any atom is -0.306 e. The molecule has 1 aliphatic rings. The summed E-state index contributed by atoms with van der Waals surface area (Å²) < 4.78 is 14.4. The fraction of sp³-hybridized carbons (Fsp3) is 0.647. The molecule has 1 saturated carbocycles. The molecule has 0 spiro atoms. The van der Waals surface area contributed by atoms with E-state index in [9.17, 15) is 4.39 Å². The van der Waals surface area contributed by atoms with Crippen molar-refractivity contribution >= 4 is 17.2 Å². The fourth-order valence-corrected chi connectivity index (χ4v) is 4.67. The van der Waals surface area contributed by atoms with E-state index in [1.165, 1.54) is 64.5 Å². The Bertz CT molecular complexity index is 923. The van der Waals surface area contributed by atoms with E-state index in [2.05, 4.69) is 42.7 Å². The first-order chi connectivity index (χ1) is 18.8. The Kier molecular flexibility index (Phi) is 21.9. The van der Waals surface area contributed by atoms with Crippen LogP contribution in [0.25, 0.3) is 5.57 Å². The number of hydrogen-bond donors (Lipinski definition) is 0. The molecule has 0 atom stereocenters. The first-order valence-corrected chi connectivity index (χ1v) is 15.8. The van der Waals surface area contributed by atoms with E-state index >= 15 is 0 Å². The van der Waals surface area contributed by atoms with Crippen LogP contribution < -0.4 is 0 Å². The first-order valence-electron chi connectivity index (χ1n) is 15.4. The third-order valence-electron chi connectivity index (χ3n) is 6.77. The summed E-state index contributed by atoms with van der Waals surface area (Å²) in [4.78, 5) is 10.6. The first kappa shape index (κ1) is 37.2. The molecule has 1 aromatic heterocycles. The van der Waals surface area contributed by atoms with E-state index in [1.54, 1.807) is 12.3 Å². The topological polar surface area (TPSA) is 29.0 Å². The number of rotatable bonds is 9. The molecule has 0 radical (unpaired) electrons. The molecule has 5 heteroatoms. The quantitative estimate of drug-likeness (QED) is 0.285. The summed E-state index contributed by atoms with van der Waals surface area (Å²) in [5.41, 5.74) is 3.92. The van der Waals surface area contributed by atoms with Crippen LogP contribution in [0.15, 0.2) is 30.5 Å². The van der Waals surface area contributed by atoms with Crippen LogP contribution in [0.4, 0.5) is 4.39 Å². The molecule has 1 heterocycles. The molecule has 3 rings (SSSR count). The Morgan fingerprint density at radius 1 is 1.03 bits per heavy atom. The highest BCUT2D eigenvalue weighted by atomic mass is 35.5. The van der Waals surface area contributed by atoms with Crippen LogP contribution in [-0.4, -0.2) is 35.0 Å². The number of nitrogens with zero attached hydrogens (tertiary/aromatic N) is 3. The van der Waals surface area contributed by atoms with E-state index < -0.39 is 0 Å². The van der Waals surface area contributed by atoms with Gasteiger partial charge in [0.25, 0.3) is 0 Å². The molecular formula is C34H57ClFN3. The molecule has 1 aliphatic carbocycles. The summed E-state index contributed by atoms with van der Waals surface area (Å²) in [5.74, 6) is 0.817. The van der Waals surface area contributed by atoms with Crippen LogP contribution in [0, 0.1) is 18.7 Å². The van der Waals surface area contributed by atoms with Gasteiger partial charge in [-0.1, -0.05) is 105 Å². The second-order valence-corrected chi connectivity index (χ2v) is 10.6. The minimum atomic E-state index is -0.219. The summed E-state index contributed by atoms with van der Waals surface area (Å²) in [6.45, 7) is 19.2. The summed E-state index contributed by atoms with van der Waals surface area (Å²) in [7, 11) is 2.19. The lowest BCUT2D eigenvalue weighted by atomic mass is 9.91. The molecule has 3 nitrogen and oxygen atoms in total. The van der Waals surface area contributed by atoms with Gasteiger partial charge in [0.2, 0.25) is 5.28 Å². The van der Waals surface area contributed by atoms with Crippen molar-refractivity contribution in [2.45, 2.75) is 120 Å². The third kappa shape index (κ3) is 15.6. The molecule has 39 heavy (non-hydrogen) atoms. The van der Waals surface area contributed by atoms with Crippen molar-refractivity contribution in [3.63, 3.8) is 0 Å². The molecule has 0 amide bonds. The second kappa shape index (κ2) is 23.0. The Balaban J connectivity index is 0.000000659. The molecule has 1 aromatic carbocycles. The Labute approximate surface area is 245 Å². The maximum Gasteiger partial charge on any atom is 0.222 e. The van der Waals surface area contributed by atoms with Crippen LogP contribution >= 0.6 is 11.6 Å². The maximum atomic E-state index is 14.4. The summed E-state index contributed by atoms with van der Waals surface area (Å²) in [5, 5.41) is 0.203. The number of benzene rings is 1. The number of halogens is 2. The van der Waals surface area contributed by atoms with Crippen molar-refractivity contribution in [2.24, 2.45) is 5.92 Å². The van der Waals surface area contributed by atoms with Crippen LogP contribution in [0.2, 0.25) is 5.28 Å². The number of aryl methyl sites for hydroxylation is 2. The monoisotopic (exact) mass is 561 g/mol. The van der Waals surface area contributed by atoms with Gasteiger partial charge in [-0.25, -0.2) is 14.4 Å². The van der Waals surface area contributed by atoms with Crippen molar-refractivity contribution in [1.82, 2.24) is 14.9 Å². The standard InChI is InChI=1S/C17H18ClFN2.C8H19N.C7H14.C2H6/c1-4-6-13(15-10-20-17(18)21-11(15)3)14-8-7-12(5-2)9-16(14)19;1-4-6-8-9(3)7-5-2;1-7-5-3-2-4-6-7;1-2/h6-10H,4-5H2,1-3H3;4-8H2,1-3H3;7H,2-6H2,1H3;1-2H3/b13-6-;;;. The van der Waals surface area contributed by atoms with E-state index in [1.807, 2.05) is 52.8 Å². The van der Waals surface area contributed by atoms with Crippen molar-refractivity contribution in [1.29, 1.82) is 0 Å². The van der Waals surface area contributed by atoms with Gasteiger partial charge < -0.3 is 4.90 Å². The molecule has 0 saturated heterocycles. The highest BCUT2D eigenvalue weighted by Crippen LogP contribution is 2.28. The number of allylic oxidation sites excluding steroid dienone is 1. The smallest absolute Gasteiger partial charge is 0.222 e. The average Bonchev–Trinajstić information content (AvgIpc) is 2.93. The number of hydrogen-bond acceptors (Lipinski definition) is 3. The van der Waals surface area contributed by atoms with Gasteiger partial charge in [-0.2, -0.15) is 0 Å². The molecule has 0 unspecified atom stereocenters. The van der Waals surface area contributed by atoms with E-state index in [-0.39, 0.29) is 11.1 Å². The van der Waals surface area contributed by atoms with Crippen molar-refractivity contribution < 1.29 is 4.39 Å². The highest BCUT2D eigenvalue weighted by molar-refractivity contribution is 6.28. The molecule has 1 fully saturated rings. The van der Waals surface area contributed by atoms with Gasteiger partial charge in [0.05, 0.1) is 5.69 Å². The predicted molar refractivity (Wildman–Crippen MR) is 171 cm³/mol. The number of unbranched alkanes of at least 4 members (excludes halogenated alkanes) is 1. The third-order valence-corrected chi connectivity index (χ3v) is 6.95. The van der Waals surface area contributed by atoms with E-state index in [0.717, 1.165) is 41.2 Å². The Morgan fingerprint density at radius 2 is 1.69 bits per heavy atom. The van der Waals surface area contributed by atoms with Gasteiger partial charge in [0.1, 0.15) is 5.82 Å². The lowest BCUT2D eigenvalue weighted by molar-refractivity contribution is 0.329. The molecule has 0 bridgehead atoms. The van der Waals surface area contributed by atoms with Crippen molar-refractivity contribution in [3.05, 3.63) is 64.0 Å². The molecule has 0 aliphatic heterocycles. The molecule has 222 valence electrons. The van der Waals surface area contributed by atoms with Crippen LogP contribution in [-0.2, 0) is 6.42 Å². The van der Waals surface area contributed by atoms with Crippen LogP contribution in [0.3, 0.4) is 0 Å². The minimum absolute atomic E-state index is 0.203. The summed E-state index contributed by atoms with van der Waals surface area (Å²) >= 11 is 5.80. The summed E-state index contributed by atoms with van der Waals surface area (Å²) in [6, 6.07) is 5.36. The van der Waals surface area contributed by atoms with Crippen LogP contribution in [0.5, 0.6) is 0 Å². The summed E-state index contributed by atoms with van der Waals surface area (Å²) in [6.07, 6.45) is 16.6. The molecular weight excluding hydrogens is 505 g/mol. The van der Waals surface area contributed by atoms with Gasteiger partial charge in [0.15, 0.2) is 0 Å². The SMILES string of the molecule is CC.CC/C=C(/c1ccc(CC)cc1F)c1cnc(Cl)nc1C.CC1CCCCC1.CCCCN(C)CCC. The zero-order chi connectivity index (χ0) is 29.6. The fourth-order valence-electron chi connectivity index (χ4n) is 4.50. The van der Waals surface area contributed by atoms with Crippen LogP contribution in [0.1, 0.15) is 129 Å². The van der Waals surface area contributed by atoms with Crippen molar-refractivity contribution in [3.8, 4) is 0 Å². The average molecular weight is 562 g/mol. The largest absolute Gasteiger partial charge is 0.306 e. The van der Waals surface area contributed by atoms with Gasteiger partial charge in [-0.05, 0) is 87.5 Å². The normalized spacial score (nSPS) is 13.5. The number of aromatic nitrogens is 2. The van der Waals surface area contributed by atoms with Gasteiger partial charge >= 0.3 is 0 Å². The highest BCUT2D eigenvalue weighted by Gasteiger charge is 2.14. The van der Waals surface area contributed by atoms with Crippen molar-refractivity contribution in [2.75, 3.05) is 20.1 Å². The molecule has 2 aromatic rings. The van der Waals surface area contributed by atoms with Gasteiger partial charge in [-0.15, -0.1) is 0 Å². The van der Waals surface area contributed by atoms with E-state index in [4.69, 9.17) is 11.6 Å². The zero-order valence-corrected chi connectivity index (χ0v) is 27.3. The second-order valence-electron chi connectivity index (χ2n) is 10.2.